The summed E-state index contributed by atoms with van der Waals surface area (Å²) < 4.78 is 4.27. The van der Waals surface area contributed by atoms with E-state index in [0.29, 0.717) is 5.56 Å². The zero-order valence-corrected chi connectivity index (χ0v) is 15.0. The normalized spacial score (nSPS) is 10.8. The summed E-state index contributed by atoms with van der Waals surface area (Å²) in [6.07, 6.45) is 0. The van der Waals surface area contributed by atoms with Gasteiger partial charge in [-0.2, -0.15) is 0 Å². The number of hydrogen-bond donors (Lipinski definition) is 0. The first kappa shape index (κ1) is 15.1. The van der Waals surface area contributed by atoms with Gasteiger partial charge in [-0.3, -0.25) is 4.79 Å². The van der Waals surface area contributed by atoms with E-state index in [2.05, 4.69) is 49.2 Å². The number of aryl methyl sites for hydroxylation is 1. The van der Waals surface area contributed by atoms with Gasteiger partial charge >= 0.3 is 0 Å². The Morgan fingerprint density at radius 3 is 2.63 bits per heavy atom. The summed E-state index contributed by atoms with van der Waals surface area (Å²) in [6.45, 7) is 3.93. The van der Waals surface area contributed by atoms with Gasteiger partial charge in [-0.05, 0) is 76.6 Å². The van der Waals surface area contributed by atoms with E-state index in [0.717, 1.165) is 25.1 Å². The summed E-state index contributed by atoms with van der Waals surface area (Å²) in [7, 11) is 0. The zero-order chi connectivity index (χ0) is 14.2. The van der Waals surface area contributed by atoms with Crippen LogP contribution in [0.25, 0.3) is 5.69 Å². The maximum Gasteiger partial charge on any atom is 0.179 e. The Morgan fingerprint density at radius 2 is 2.05 bits per heavy atom. The molecule has 19 heavy (non-hydrogen) atoms. The molecule has 0 saturated heterocycles. The second-order valence-corrected chi connectivity index (χ2v) is 6.56. The highest BCUT2D eigenvalue weighted by molar-refractivity contribution is 14.1. The average molecular weight is 453 g/mol. The molecule has 0 aliphatic rings. The highest BCUT2D eigenvalue weighted by atomic mass is 127. The van der Waals surface area contributed by atoms with Crippen molar-refractivity contribution in [3.8, 4) is 5.69 Å². The van der Waals surface area contributed by atoms with Gasteiger partial charge in [0, 0.05) is 30.7 Å². The van der Waals surface area contributed by atoms with E-state index in [-0.39, 0.29) is 11.7 Å². The van der Waals surface area contributed by atoms with Gasteiger partial charge in [-0.25, -0.2) is 0 Å². The highest BCUT2D eigenvalue weighted by Crippen LogP contribution is 2.26. The lowest BCUT2D eigenvalue weighted by atomic mass is 10.2. The molecule has 1 aromatic heterocycles. The molecule has 0 aliphatic heterocycles. The van der Waals surface area contributed by atoms with Gasteiger partial charge < -0.3 is 4.57 Å². The number of Topliss-reactive ketones (excluding diaryl/α,β-unsaturated/α-hetero) is 1. The molecule has 100 valence electrons. The first-order chi connectivity index (χ1) is 8.95. The number of carbonyl (C=O) groups is 1. The van der Waals surface area contributed by atoms with Crippen LogP contribution < -0.4 is 0 Å². The number of nitrogens with zero attached hydrogens (tertiary/aromatic N) is 1. The Hall–Kier alpha value is -0.330. The molecule has 0 saturated carbocycles. The lowest BCUT2D eigenvalue weighted by molar-refractivity contribution is 0.102. The maximum absolute atomic E-state index is 11.8. The lowest BCUT2D eigenvalue weighted by Crippen LogP contribution is -2.04. The molecule has 0 amide bonds. The summed E-state index contributed by atoms with van der Waals surface area (Å²) in [5.74, 6) is -0.0219. The predicted octanol–water partition coefficient (Wildman–Crippen LogP) is 4.88. The summed E-state index contributed by atoms with van der Waals surface area (Å²) in [5, 5.41) is 0. The van der Waals surface area contributed by atoms with Gasteiger partial charge in [-0.1, -0.05) is 0 Å². The van der Waals surface area contributed by atoms with Crippen LogP contribution in [0.5, 0.6) is 0 Å². The van der Waals surface area contributed by atoms with Crippen molar-refractivity contribution >= 4 is 55.9 Å². The molecule has 0 spiro atoms. The summed E-state index contributed by atoms with van der Waals surface area (Å²) in [5.41, 5.74) is 3.69. The van der Waals surface area contributed by atoms with Gasteiger partial charge in [0.1, 0.15) is 0 Å². The van der Waals surface area contributed by atoms with Gasteiger partial charge in [0.25, 0.3) is 0 Å². The van der Waals surface area contributed by atoms with E-state index in [4.69, 9.17) is 11.6 Å². The van der Waals surface area contributed by atoms with Crippen LogP contribution in [0.1, 0.15) is 21.7 Å². The van der Waals surface area contributed by atoms with E-state index in [1.165, 1.54) is 0 Å². The zero-order valence-electron chi connectivity index (χ0n) is 10.5. The molecule has 2 rings (SSSR count). The minimum absolute atomic E-state index is 0.0146. The third-order valence-corrected chi connectivity index (χ3v) is 5.60. The number of benzene rings is 1. The summed E-state index contributed by atoms with van der Waals surface area (Å²) in [4.78, 5) is 11.8. The number of rotatable bonds is 3. The number of halogens is 3. The van der Waals surface area contributed by atoms with E-state index in [1.807, 2.05) is 32.0 Å². The van der Waals surface area contributed by atoms with Crippen LogP contribution in [0.15, 0.2) is 28.7 Å². The van der Waals surface area contributed by atoms with Crippen molar-refractivity contribution in [3.05, 3.63) is 49.3 Å². The van der Waals surface area contributed by atoms with Crippen LogP contribution in [-0.2, 0) is 0 Å². The molecule has 0 N–H and O–H groups in total. The smallest absolute Gasteiger partial charge is 0.179 e. The van der Waals surface area contributed by atoms with Crippen molar-refractivity contribution in [2.24, 2.45) is 0 Å². The third-order valence-electron chi connectivity index (χ3n) is 3.01. The molecule has 2 nitrogen and oxygen atoms in total. The Morgan fingerprint density at radius 1 is 1.37 bits per heavy atom. The van der Waals surface area contributed by atoms with E-state index < -0.39 is 0 Å². The van der Waals surface area contributed by atoms with E-state index >= 15 is 0 Å². The van der Waals surface area contributed by atoms with Crippen molar-refractivity contribution in [1.82, 2.24) is 4.57 Å². The average Bonchev–Trinajstić information content (AvgIpc) is 2.68. The molecule has 0 aliphatic carbocycles. The number of hydrogen-bond acceptors (Lipinski definition) is 1. The molecule has 5 heteroatoms. The maximum atomic E-state index is 11.8. The molecule has 0 unspecified atom stereocenters. The Labute approximate surface area is 139 Å². The van der Waals surface area contributed by atoms with Crippen molar-refractivity contribution in [2.75, 3.05) is 5.88 Å². The minimum Gasteiger partial charge on any atom is -0.318 e. The van der Waals surface area contributed by atoms with E-state index in [9.17, 15) is 4.79 Å². The standard InChI is InChI=1S/C14H12BrClINO/c1-8-5-11(14(19)7-16)9(2)18(8)10-3-4-13(17)12(15)6-10/h3-6H,7H2,1-2H3. The monoisotopic (exact) mass is 451 g/mol. The minimum atomic E-state index is -0.0365. The van der Waals surface area contributed by atoms with Crippen LogP contribution >= 0.6 is 50.1 Å². The summed E-state index contributed by atoms with van der Waals surface area (Å²) >= 11 is 11.4. The van der Waals surface area contributed by atoms with Crippen molar-refractivity contribution in [1.29, 1.82) is 0 Å². The number of aromatic nitrogens is 1. The molecular formula is C14H12BrClINO. The topological polar surface area (TPSA) is 22.0 Å². The molecule has 1 heterocycles. The van der Waals surface area contributed by atoms with Crippen LogP contribution in [0, 0.1) is 17.4 Å². The van der Waals surface area contributed by atoms with Crippen molar-refractivity contribution in [2.45, 2.75) is 13.8 Å². The Balaban J connectivity index is 2.59. The Kier molecular flexibility index (Phi) is 4.74. The van der Waals surface area contributed by atoms with E-state index in [1.54, 1.807) is 0 Å². The van der Waals surface area contributed by atoms with Gasteiger partial charge in [-0.15, -0.1) is 11.6 Å². The van der Waals surface area contributed by atoms with Crippen molar-refractivity contribution < 1.29 is 4.79 Å². The molecule has 0 atom stereocenters. The van der Waals surface area contributed by atoms with Gasteiger partial charge in [0.05, 0.1) is 5.88 Å². The fraction of sp³-hybridized carbons (Fsp3) is 0.214. The largest absolute Gasteiger partial charge is 0.318 e. The second-order valence-electron chi connectivity index (χ2n) is 4.28. The van der Waals surface area contributed by atoms with Gasteiger partial charge in [0.15, 0.2) is 5.78 Å². The van der Waals surface area contributed by atoms with Crippen LogP contribution in [0.2, 0.25) is 0 Å². The molecule has 0 radical (unpaired) electrons. The second kappa shape index (κ2) is 5.97. The predicted molar refractivity (Wildman–Crippen MR) is 90.7 cm³/mol. The Bertz CT molecular complexity index is 651. The SMILES string of the molecule is Cc1cc(C(=O)CCl)c(C)n1-c1ccc(I)c(Br)c1. The van der Waals surface area contributed by atoms with Crippen LogP contribution in [0.4, 0.5) is 0 Å². The quantitative estimate of drug-likeness (QED) is 0.370. The molecule has 2 aromatic rings. The third kappa shape index (κ3) is 2.90. The molecular weight excluding hydrogens is 440 g/mol. The fourth-order valence-corrected chi connectivity index (χ4v) is 2.98. The molecule has 0 fully saturated rings. The lowest BCUT2D eigenvalue weighted by Gasteiger charge is -2.11. The van der Waals surface area contributed by atoms with Crippen LogP contribution in [-0.4, -0.2) is 16.2 Å². The number of ketones is 1. The summed E-state index contributed by atoms with van der Waals surface area (Å²) in [6, 6.07) is 8.03. The first-order valence-corrected chi connectivity index (χ1v) is 8.10. The molecule has 1 aromatic carbocycles. The first-order valence-electron chi connectivity index (χ1n) is 5.69. The van der Waals surface area contributed by atoms with Crippen LogP contribution in [0.3, 0.4) is 0 Å². The fourth-order valence-electron chi connectivity index (χ4n) is 2.14. The number of alkyl halides is 1. The highest BCUT2D eigenvalue weighted by Gasteiger charge is 2.16. The molecule has 0 bridgehead atoms. The van der Waals surface area contributed by atoms with Gasteiger partial charge in [0.2, 0.25) is 0 Å². The van der Waals surface area contributed by atoms with Crippen molar-refractivity contribution in [3.63, 3.8) is 0 Å². The number of carbonyl (C=O) groups excluding carboxylic acids is 1.